The van der Waals surface area contributed by atoms with Crippen molar-refractivity contribution in [2.45, 2.75) is 32.2 Å². The van der Waals surface area contributed by atoms with Crippen LogP contribution in [0.4, 0.5) is 0 Å². The number of amides is 3. The molecule has 1 aliphatic heterocycles. The minimum atomic E-state index is -0.202. The van der Waals surface area contributed by atoms with Crippen molar-refractivity contribution in [1.82, 2.24) is 10.2 Å². The maximum Gasteiger partial charge on any atom is 0.233 e. The number of rotatable bonds is 6. The van der Waals surface area contributed by atoms with Crippen molar-refractivity contribution >= 4 is 29.3 Å². The molecule has 5 nitrogen and oxygen atoms in total. The van der Waals surface area contributed by atoms with E-state index in [0.717, 1.165) is 5.56 Å². The van der Waals surface area contributed by atoms with E-state index in [-0.39, 0.29) is 36.0 Å². The van der Waals surface area contributed by atoms with Crippen LogP contribution in [0.15, 0.2) is 36.4 Å². The van der Waals surface area contributed by atoms with Gasteiger partial charge in [0.1, 0.15) is 0 Å². The normalized spacial score (nSPS) is 22.2. The van der Waals surface area contributed by atoms with Crippen LogP contribution in [0, 0.1) is 11.8 Å². The lowest BCUT2D eigenvalue weighted by Crippen LogP contribution is -2.33. The lowest BCUT2D eigenvalue weighted by Gasteiger charge is -2.14. The Hall–Kier alpha value is -2.14. The van der Waals surface area contributed by atoms with E-state index < -0.39 is 0 Å². The highest BCUT2D eigenvalue weighted by molar-refractivity contribution is 6.31. The fraction of sp³-hybridized carbons (Fsp3) is 0.421. The highest BCUT2D eigenvalue weighted by Crippen LogP contribution is 2.35. The number of likely N-dealkylation sites (tertiary alicyclic amines) is 1. The molecule has 132 valence electrons. The lowest BCUT2D eigenvalue weighted by molar-refractivity contribution is -0.140. The number of imide groups is 1. The summed E-state index contributed by atoms with van der Waals surface area (Å²) in [5, 5.41) is 3.43. The minimum absolute atomic E-state index is 0.0872. The van der Waals surface area contributed by atoms with E-state index in [9.17, 15) is 14.4 Å². The van der Waals surface area contributed by atoms with E-state index >= 15 is 0 Å². The quantitative estimate of drug-likeness (QED) is 0.626. The van der Waals surface area contributed by atoms with Gasteiger partial charge < -0.3 is 5.32 Å². The average molecular weight is 361 g/mol. The van der Waals surface area contributed by atoms with Crippen LogP contribution in [0.2, 0.25) is 5.02 Å². The van der Waals surface area contributed by atoms with Gasteiger partial charge in [-0.2, -0.15) is 0 Å². The monoisotopic (exact) mass is 360 g/mol. The van der Waals surface area contributed by atoms with E-state index in [1.807, 2.05) is 30.4 Å². The molecule has 3 rings (SSSR count). The Morgan fingerprint density at radius 1 is 1.12 bits per heavy atom. The van der Waals surface area contributed by atoms with Gasteiger partial charge in [-0.15, -0.1) is 0 Å². The zero-order chi connectivity index (χ0) is 17.8. The van der Waals surface area contributed by atoms with E-state index in [1.165, 1.54) is 4.90 Å². The lowest BCUT2D eigenvalue weighted by atomic mass is 9.85. The Bertz CT molecular complexity index is 690. The summed E-state index contributed by atoms with van der Waals surface area (Å²) in [5.74, 6) is -0.692. The third-order valence-corrected chi connectivity index (χ3v) is 5.19. The average Bonchev–Trinajstić information content (AvgIpc) is 2.86. The van der Waals surface area contributed by atoms with Gasteiger partial charge in [-0.25, -0.2) is 0 Å². The second-order valence-corrected chi connectivity index (χ2v) is 6.86. The molecule has 0 aromatic heterocycles. The van der Waals surface area contributed by atoms with Gasteiger partial charge in [0.05, 0.1) is 11.8 Å². The highest BCUT2D eigenvalue weighted by Gasteiger charge is 2.46. The van der Waals surface area contributed by atoms with Crippen molar-refractivity contribution in [2.75, 3.05) is 6.54 Å². The second-order valence-electron chi connectivity index (χ2n) is 6.46. The van der Waals surface area contributed by atoms with Gasteiger partial charge in [0.15, 0.2) is 0 Å². The van der Waals surface area contributed by atoms with Crippen molar-refractivity contribution < 1.29 is 14.4 Å². The molecule has 1 saturated heterocycles. The minimum Gasteiger partial charge on any atom is -0.352 e. The van der Waals surface area contributed by atoms with Gasteiger partial charge in [-0.05, 0) is 30.9 Å². The molecule has 1 aliphatic carbocycles. The maximum atomic E-state index is 12.3. The molecule has 1 fully saturated rings. The number of nitrogens with zero attached hydrogens (tertiary/aromatic N) is 1. The van der Waals surface area contributed by atoms with Gasteiger partial charge in [0.2, 0.25) is 17.7 Å². The molecule has 0 bridgehead atoms. The molecule has 0 unspecified atom stereocenters. The zero-order valence-electron chi connectivity index (χ0n) is 13.9. The van der Waals surface area contributed by atoms with E-state index in [0.29, 0.717) is 37.4 Å². The molecule has 25 heavy (non-hydrogen) atoms. The summed E-state index contributed by atoms with van der Waals surface area (Å²) in [6.45, 7) is 0.681. The van der Waals surface area contributed by atoms with Crippen LogP contribution in [0.3, 0.4) is 0 Å². The first-order valence-electron chi connectivity index (χ1n) is 8.58. The second kappa shape index (κ2) is 7.83. The number of hydrogen-bond acceptors (Lipinski definition) is 3. The van der Waals surface area contributed by atoms with Gasteiger partial charge in [-0.3, -0.25) is 19.3 Å². The Kier molecular flexibility index (Phi) is 5.53. The van der Waals surface area contributed by atoms with Gasteiger partial charge in [-0.1, -0.05) is 42.0 Å². The number of carbonyl (C=O) groups excluding carboxylic acids is 3. The van der Waals surface area contributed by atoms with Crippen LogP contribution in [-0.4, -0.2) is 29.2 Å². The summed E-state index contributed by atoms with van der Waals surface area (Å²) in [5.41, 5.74) is 0.860. The predicted molar refractivity (Wildman–Crippen MR) is 94.6 cm³/mol. The summed E-state index contributed by atoms with van der Waals surface area (Å²) in [4.78, 5) is 38.0. The van der Waals surface area contributed by atoms with Gasteiger partial charge in [0.25, 0.3) is 0 Å². The molecule has 2 atom stereocenters. The molecule has 1 N–H and O–H groups in total. The first kappa shape index (κ1) is 17.7. The van der Waals surface area contributed by atoms with Crippen LogP contribution >= 0.6 is 11.6 Å². The molecular formula is C19H21ClN2O3. The number of hydrogen-bond donors (Lipinski definition) is 1. The van der Waals surface area contributed by atoms with Gasteiger partial charge >= 0.3 is 0 Å². The summed E-state index contributed by atoms with van der Waals surface area (Å²) >= 11 is 6.05. The molecule has 1 aromatic carbocycles. The van der Waals surface area contributed by atoms with Crippen LogP contribution < -0.4 is 5.32 Å². The van der Waals surface area contributed by atoms with Crippen LogP contribution in [0.25, 0.3) is 0 Å². The van der Waals surface area contributed by atoms with Crippen molar-refractivity contribution in [2.24, 2.45) is 11.8 Å². The molecule has 2 aliphatic rings. The van der Waals surface area contributed by atoms with Gasteiger partial charge in [0, 0.05) is 24.5 Å². The predicted octanol–water partition coefficient (Wildman–Crippen LogP) is 2.69. The molecule has 3 amide bonds. The summed E-state index contributed by atoms with van der Waals surface area (Å²) in [6, 6.07) is 7.35. The Balaban J connectivity index is 1.43. The van der Waals surface area contributed by atoms with E-state index in [2.05, 4.69) is 5.32 Å². The maximum absolute atomic E-state index is 12.3. The molecule has 0 spiro atoms. The number of allylic oxidation sites excluding steroid dienone is 2. The largest absolute Gasteiger partial charge is 0.352 e. The Morgan fingerprint density at radius 3 is 2.40 bits per heavy atom. The number of nitrogens with one attached hydrogen (secondary N) is 1. The third kappa shape index (κ3) is 3.93. The fourth-order valence-electron chi connectivity index (χ4n) is 3.41. The standard InChI is InChI=1S/C19H21ClN2O3/c20-16-9-4-1-6-13(16)12-21-17(23)10-5-11-22-18(24)14-7-2-3-8-15(14)19(22)25/h1-4,6,9,14-15H,5,7-8,10-12H2,(H,21,23)/t14-,15-/m0/s1. The third-order valence-electron chi connectivity index (χ3n) is 4.82. The molecule has 1 heterocycles. The zero-order valence-corrected chi connectivity index (χ0v) is 14.7. The van der Waals surface area contributed by atoms with Crippen LogP contribution in [0.5, 0.6) is 0 Å². The molecule has 6 heteroatoms. The number of benzene rings is 1. The SMILES string of the molecule is O=C(CCCN1C(=O)[C@H]2CC=CC[C@@H]2C1=O)NCc1ccccc1Cl. The van der Waals surface area contributed by atoms with Crippen molar-refractivity contribution in [3.8, 4) is 0 Å². The Morgan fingerprint density at radius 2 is 1.76 bits per heavy atom. The Labute approximate surface area is 152 Å². The molecular weight excluding hydrogens is 340 g/mol. The fourth-order valence-corrected chi connectivity index (χ4v) is 3.61. The number of fused-ring (bicyclic) bond motifs is 1. The first-order valence-corrected chi connectivity index (χ1v) is 8.96. The molecule has 0 radical (unpaired) electrons. The van der Waals surface area contributed by atoms with Crippen LogP contribution in [-0.2, 0) is 20.9 Å². The van der Waals surface area contributed by atoms with Crippen LogP contribution in [0.1, 0.15) is 31.2 Å². The number of carbonyl (C=O) groups is 3. The summed E-state index contributed by atoms with van der Waals surface area (Å²) in [7, 11) is 0. The topological polar surface area (TPSA) is 66.5 Å². The first-order chi connectivity index (χ1) is 12.1. The van der Waals surface area contributed by atoms with Crippen molar-refractivity contribution in [1.29, 1.82) is 0 Å². The van der Waals surface area contributed by atoms with E-state index in [4.69, 9.17) is 11.6 Å². The highest BCUT2D eigenvalue weighted by atomic mass is 35.5. The summed E-state index contributed by atoms with van der Waals surface area (Å²) < 4.78 is 0. The van der Waals surface area contributed by atoms with Crippen molar-refractivity contribution in [3.05, 3.63) is 47.0 Å². The molecule has 0 saturated carbocycles. The van der Waals surface area contributed by atoms with Crippen molar-refractivity contribution in [3.63, 3.8) is 0 Å². The smallest absolute Gasteiger partial charge is 0.233 e. The summed E-state index contributed by atoms with van der Waals surface area (Å²) in [6.07, 6.45) is 5.97. The molecule has 1 aromatic rings. The number of halogens is 1. The van der Waals surface area contributed by atoms with E-state index in [1.54, 1.807) is 6.07 Å².